The summed E-state index contributed by atoms with van der Waals surface area (Å²) in [6.07, 6.45) is 5.32. The van der Waals surface area contributed by atoms with E-state index in [-0.39, 0.29) is 0 Å². The van der Waals surface area contributed by atoms with E-state index in [0.717, 1.165) is 13.1 Å². The van der Waals surface area contributed by atoms with Crippen LogP contribution in [0.5, 0.6) is 0 Å². The van der Waals surface area contributed by atoms with Crippen LogP contribution in [-0.4, -0.2) is 13.1 Å². The minimum absolute atomic E-state index is 0.688. The summed E-state index contributed by atoms with van der Waals surface area (Å²) in [5, 5.41) is 3.47. The first-order valence-corrected chi connectivity index (χ1v) is 6.64. The van der Waals surface area contributed by atoms with E-state index >= 15 is 0 Å². The average molecular weight is 219 g/mol. The van der Waals surface area contributed by atoms with Gasteiger partial charge in [0.2, 0.25) is 0 Å². The minimum atomic E-state index is 0.688. The number of likely N-dealkylation sites (N-methyl/N-ethyl adjacent to an activating group) is 1. The molecule has 16 heavy (non-hydrogen) atoms. The molecule has 1 atom stereocenters. The van der Waals surface area contributed by atoms with Crippen molar-refractivity contribution in [3.63, 3.8) is 0 Å². The molecule has 0 spiro atoms. The Hall–Kier alpha value is -0.820. The molecule has 90 valence electrons. The van der Waals surface area contributed by atoms with Crippen LogP contribution in [0.25, 0.3) is 0 Å². The van der Waals surface area contributed by atoms with Gasteiger partial charge in [0, 0.05) is 6.54 Å². The minimum Gasteiger partial charge on any atom is -0.316 e. The lowest BCUT2D eigenvalue weighted by Crippen LogP contribution is -2.21. The maximum atomic E-state index is 3.47. The molecule has 0 aliphatic heterocycles. The molecule has 1 rings (SSSR count). The third kappa shape index (κ3) is 4.80. The quantitative estimate of drug-likeness (QED) is 0.653. The maximum Gasteiger partial charge on any atom is 0.00200 e. The van der Waals surface area contributed by atoms with E-state index in [2.05, 4.69) is 49.5 Å². The molecule has 0 aliphatic carbocycles. The van der Waals surface area contributed by atoms with Gasteiger partial charge in [-0.25, -0.2) is 0 Å². The molecular weight excluding hydrogens is 194 g/mol. The molecule has 1 aromatic rings. The van der Waals surface area contributed by atoms with E-state index in [4.69, 9.17) is 0 Å². The molecule has 0 aromatic heterocycles. The lowest BCUT2D eigenvalue weighted by molar-refractivity contribution is 0.528. The normalized spacial score (nSPS) is 12.6. The van der Waals surface area contributed by atoms with Crippen LogP contribution in [0, 0.1) is 0 Å². The Kier molecular flexibility index (Phi) is 6.91. The summed E-state index contributed by atoms with van der Waals surface area (Å²) in [6, 6.07) is 10.9. The van der Waals surface area contributed by atoms with Crippen LogP contribution in [0.3, 0.4) is 0 Å². The second-order valence-corrected chi connectivity index (χ2v) is 4.41. The zero-order valence-corrected chi connectivity index (χ0v) is 10.7. The fourth-order valence-corrected chi connectivity index (χ4v) is 2.07. The predicted molar refractivity (Wildman–Crippen MR) is 71.9 cm³/mol. The maximum absolute atomic E-state index is 3.47. The summed E-state index contributed by atoms with van der Waals surface area (Å²) >= 11 is 0. The first-order valence-electron chi connectivity index (χ1n) is 6.64. The van der Waals surface area contributed by atoms with E-state index in [1.165, 1.54) is 31.2 Å². The van der Waals surface area contributed by atoms with Gasteiger partial charge in [0.05, 0.1) is 0 Å². The van der Waals surface area contributed by atoms with Crippen LogP contribution in [0.2, 0.25) is 0 Å². The zero-order valence-electron chi connectivity index (χ0n) is 10.7. The van der Waals surface area contributed by atoms with Crippen molar-refractivity contribution in [1.82, 2.24) is 5.32 Å². The second kappa shape index (κ2) is 8.35. The van der Waals surface area contributed by atoms with Crippen LogP contribution < -0.4 is 5.32 Å². The Bertz CT molecular complexity index is 255. The van der Waals surface area contributed by atoms with Gasteiger partial charge in [0.15, 0.2) is 0 Å². The molecule has 1 heteroatoms. The van der Waals surface area contributed by atoms with Gasteiger partial charge in [-0.05, 0) is 24.4 Å². The van der Waals surface area contributed by atoms with E-state index in [1.54, 1.807) is 0 Å². The fourth-order valence-electron chi connectivity index (χ4n) is 2.07. The van der Waals surface area contributed by atoms with E-state index in [0.29, 0.717) is 5.92 Å². The summed E-state index contributed by atoms with van der Waals surface area (Å²) in [5.74, 6) is 0.688. The van der Waals surface area contributed by atoms with Crippen molar-refractivity contribution < 1.29 is 0 Å². The molecule has 0 saturated heterocycles. The second-order valence-electron chi connectivity index (χ2n) is 4.41. The number of rotatable bonds is 8. The topological polar surface area (TPSA) is 12.0 Å². The number of hydrogen-bond donors (Lipinski definition) is 1. The van der Waals surface area contributed by atoms with E-state index in [1.807, 2.05) is 0 Å². The Morgan fingerprint density at radius 1 is 1.06 bits per heavy atom. The summed E-state index contributed by atoms with van der Waals surface area (Å²) in [4.78, 5) is 0. The Labute approximate surface area is 100 Å². The molecule has 1 unspecified atom stereocenters. The standard InChI is InChI=1S/C15H25N/c1-3-5-7-12-15(13-16-4-2)14-10-8-6-9-11-14/h6,8-11,15-16H,3-5,7,12-13H2,1-2H3. The molecule has 0 amide bonds. The van der Waals surface area contributed by atoms with Crippen LogP contribution in [0.15, 0.2) is 30.3 Å². The highest BCUT2D eigenvalue weighted by molar-refractivity contribution is 5.19. The molecule has 1 N–H and O–H groups in total. The average Bonchev–Trinajstić information content (AvgIpc) is 2.35. The molecule has 0 aliphatic rings. The van der Waals surface area contributed by atoms with Crippen LogP contribution in [0.1, 0.15) is 51.0 Å². The van der Waals surface area contributed by atoms with Crippen LogP contribution >= 0.6 is 0 Å². The number of benzene rings is 1. The van der Waals surface area contributed by atoms with Crippen molar-refractivity contribution in [2.75, 3.05) is 13.1 Å². The molecular formula is C15H25N. The van der Waals surface area contributed by atoms with Crippen LogP contribution in [0.4, 0.5) is 0 Å². The summed E-state index contributed by atoms with van der Waals surface area (Å²) < 4.78 is 0. The van der Waals surface area contributed by atoms with Gasteiger partial charge in [0.1, 0.15) is 0 Å². The van der Waals surface area contributed by atoms with Crippen LogP contribution in [-0.2, 0) is 0 Å². The number of hydrogen-bond acceptors (Lipinski definition) is 1. The number of unbranched alkanes of at least 4 members (excludes halogenated alkanes) is 2. The summed E-state index contributed by atoms with van der Waals surface area (Å²) in [5.41, 5.74) is 1.49. The Balaban J connectivity index is 2.49. The molecule has 0 fully saturated rings. The van der Waals surface area contributed by atoms with Gasteiger partial charge in [-0.1, -0.05) is 63.4 Å². The lowest BCUT2D eigenvalue weighted by Gasteiger charge is -2.17. The molecule has 0 saturated carbocycles. The predicted octanol–water partition coefficient (Wildman–Crippen LogP) is 3.96. The monoisotopic (exact) mass is 219 g/mol. The van der Waals surface area contributed by atoms with Gasteiger partial charge in [-0.3, -0.25) is 0 Å². The first-order chi connectivity index (χ1) is 7.88. The highest BCUT2D eigenvalue weighted by Crippen LogP contribution is 2.21. The van der Waals surface area contributed by atoms with Gasteiger partial charge in [0.25, 0.3) is 0 Å². The Morgan fingerprint density at radius 2 is 1.81 bits per heavy atom. The highest BCUT2D eigenvalue weighted by Gasteiger charge is 2.09. The van der Waals surface area contributed by atoms with Crippen molar-refractivity contribution in [3.05, 3.63) is 35.9 Å². The van der Waals surface area contributed by atoms with Gasteiger partial charge >= 0.3 is 0 Å². The molecule has 0 heterocycles. The smallest absolute Gasteiger partial charge is 0.00200 e. The molecule has 0 bridgehead atoms. The van der Waals surface area contributed by atoms with Crippen molar-refractivity contribution in [3.8, 4) is 0 Å². The van der Waals surface area contributed by atoms with Gasteiger partial charge in [-0.15, -0.1) is 0 Å². The van der Waals surface area contributed by atoms with E-state index in [9.17, 15) is 0 Å². The first kappa shape index (κ1) is 13.2. The summed E-state index contributed by atoms with van der Waals surface area (Å²) in [6.45, 7) is 6.62. The summed E-state index contributed by atoms with van der Waals surface area (Å²) in [7, 11) is 0. The third-order valence-electron chi connectivity index (χ3n) is 3.07. The van der Waals surface area contributed by atoms with Gasteiger partial charge < -0.3 is 5.32 Å². The SMILES string of the molecule is CCCCCC(CNCC)c1ccccc1. The van der Waals surface area contributed by atoms with E-state index < -0.39 is 0 Å². The van der Waals surface area contributed by atoms with Gasteiger partial charge in [-0.2, -0.15) is 0 Å². The molecule has 0 radical (unpaired) electrons. The van der Waals surface area contributed by atoms with Crippen molar-refractivity contribution >= 4 is 0 Å². The highest BCUT2D eigenvalue weighted by atomic mass is 14.8. The number of nitrogens with one attached hydrogen (secondary N) is 1. The van der Waals surface area contributed by atoms with Crippen molar-refractivity contribution in [2.45, 2.75) is 45.4 Å². The van der Waals surface area contributed by atoms with Crippen molar-refractivity contribution in [2.24, 2.45) is 0 Å². The lowest BCUT2D eigenvalue weighted by atomic mass is 9.93. The molecule has 1 aromatic carbocycles. The zero-order chi connectivity index (χ0) is 11.6. The molecule has 1 nitrogen and oxygen atoms in total. The largest absolute Gasteiger partial charge is 0.316 e. The van der Waals surface area contributed by atoms with Crippen molar-refractivity contribution in [1.29, 1.82) is 0 Å². The Morgan fingerprint density at radius 3 is 2.44 bits per heavy atom. The third-order valence-corrected chi connectivity index (χ3v) is 3.07. The fraction of sp³-hybridized carbons (Fsp3) is 0.600.